The number of rotatable bonds is 4. The van der Waals surface area contributed by atoms with E-state index < -0.39 is 0 Å². The number of pyridine rings is 1. The van der Waals surface area contributed by atoms with Gasteiger partial charge in [0.25, 0.3) is 5.91 Å². The maximum Gasteiger partial charge on any atom is 0.253 e. The molecule has 6 heteroatoms. The van der Waals surface area contributed by atoms with Gasteiger partial charge in [0.15, 0.2) is 0 Å². The zero-order valence-corrected chi connectivity index (χ0v) is 19.5. The molecule has 32 heavy (non-hydrogen) atoms. The molecular formula is C26H32N4O2. The Morgan fingerprint density at radius 2 is 1.88 bits per heavy atom. The number of anilines is 1. The first-order valence-corrected chi connectivity index (χ1v) is 11.5. The molecule has 2 aliphatic heterocycles. The Labute approximate surface area is 190 Å². The van der Waals surface area contributed by atoms with E-state index in [9.17, 15) is 10.1 Å². The SMILES string of the molecule is CC(C)Cc1c(C#N)c(N2CCN(C(=O)c3ccccc3)CC2)nc2c1COC(C)(C)C2. The Morgan fingerprint density at radius 3 is 2.50 bits per heavy atom. The van der Waals surface area contributed by atoms with Gasteiger partial charge in [0, 0.05) is 43.7 Å². The number of hydrogen-bond acceptors (Lipinski definition) is 5. The second-order valence-corrected chi connectivity index (χ2v) is 9.79. The van der Waals surface area contributed by atoms with Crippen molar-refractivity contribution in [2.45, 2.75) is 52.7 Å². The smallest absolute Gasteiger partial charge is 0.253 e. The lowest BCUT2D eigenvalue weighted by Crippen LogP contribution is -2.49. The molecule has 1 aromatic carbocycles. The van der Waals surface area contributed by atoms with Gasteiger partial charge in [-0.05, 0) is 43.9 Å². The van der Waals surface area contributed by atoms with Gasteiger partial charge in [-0.2, -0.15) is 5.26 Å². The highest BCUT2D eigenvalue weighted by molar-refractivity contribution is 5.94. The molecule has 1 amide bonds. The van der Waals surface area contributed by atoms with Gasteiger partial charge in [-0.1, -0.05) is 32.0 Å². The second kappa shape index (κ2) is 8.91. The Morgan fingerprint density at radius 1 is 1.19 bits per heavy atom. The van der Waals surface area contributed by atoms with Crippen molar-refractivity contribution in [1.82, 2.24) is 9.88 Å². The van der Waals surface area contributed by atoms with Crippen LogP contribution in [0.25, 0.3) is 0 Å². The molecule has 0 aliphatic carbocycles. The fraction of sp³-hybridized carbons (Fsp3) is 0.500. The Hall–Kier alpha value is -2.91. The molecule has 168 valence electrons. The number of carbonyl (C=O) groups is 1. The maximum atomic E-state index is 12.8. The van der Waals surface area contributed by atoms with Crippen LogP contribution in [0, 0.1) is 17.2 Å². The van der Waals surface area contributed by atoms with Crippen LogP contribution in [0.4, 0.5) is 5.82 Å². The van der Waals surface area contributed by atoms with Gasteiger partial charge in [-0.3, -0.25) is 4.79 Å². The van der Waals surface area contributed by atoms with Gasteiger partial charge in [0.05, 0.1) is 23.5 Å². The van der Waals surface area contributed by atoms with Crippen molar-refractivity contribution in [2.24, 2.45) is 5.92 Å². The Balaban J connectivity index is 1.62. The van der Waals surface area contributed by atoms with Crippen LogP contribution in [-0.4, -0.2) is 47.6 Å². The summed E-state index contributed by atoms with van der Waals surface area (Å²) < 4.78 is 6.07. The highest BCUT2D eigenvalue weighted by Crippen LogP contribution is 2.35. The molecule has 0 unspecified atom stereocenters. The molecule has 0 saturated carbocycles. The van der Waals surface area contributed by atoms with Crippen molar-refractivity contribution in [3.8, 4) is 6.07 Å². The van der Waals surface area contributed by atoms with Gasteiger partial charge in [0.2, 0.25) is 0 Å². The normalized spacial score (nSPS) is 17.8. The third kappa shape index (κ3) is 4.49. The minimum Gasteiger partial charge on any atom is -0.370 e. The van der Waals surface area contributed by atoms with Crippen LogP contribution in [0.3, 0.4) is 0 Å². The van der Waals surface area contributed by atoms with Crippen LogP contribution in [-0.2, 0) is 24.2 Å². The predicted molar refractivity (Wildman–Crippen MR) is 125 cm³/mol. The third-order valence-corrected chi connectivity index (χ3v) is 6.29. The van der Waals surface area contributed by atoms with E-state index in [4.69, 9.17) is 9.72 Å². The van der Waals surface area contributed by atoms with Gasteiger partial charge < -0.3 is 14.5 Å². The predicted octanol–water partition coefficient (Wildman–Crippen LogP) is 3.97. The summed E-state index contributed by atoms with van der Waals surface area (Å²) >= 11 is 0. The molecule has 0 atom stereocenters. The summed E-state index contributed by atoms with van der Waals surface area (Å²) in [5, 5.41) is 10.1. The van der Waals surface area contributed by atoms with Crippen molar-refractivity contribution in [3.63, 3.8) is 0 Å². The number of hydrogen-bond donors (Lipinski definition) is 0. The van der Waals surface area contributed by atoms with Crippen LogP contribution >= 0.6 is 0 Å². The molecule has 4 rings (SSSR count). The molecule has 6 nitrogen and oxygen atoms in total. The third-order valence-electron chi connectivity index (χ3n) is 6.29. The van der Waals surface area contributed by atoms with Gasteiger partial charge in [-0.25, -0.2) is 4.98 Å². The molecule has 1 aromatic heterocycles. The second-order valence-electron chi connectivity index (χ2n) is 9.79. The number of benzene rings is 1. The Kier molecular flexibility index (Phi) is 6.21. The number of ether oxygens (including phenoxy) is 1. The van der Waals surface area contributed by atoms with Crippen molar-refractivity contribution >= 4 is 11.7 Å². The number of carbonyl (C=O) groups excluding carboxylic acids is 1. The van der Waals surface area contributed by atoms with E-state index in [2.05, 4.69) is 38.7 Å². The molecule has 3 heterocycles. The van der Waals surface area contributed by atoms with Crippen molar-refractivity contribution in [2.75, 3.05) is 31.1 Å². The highest BCUT2D eigenvalue weighted by Gasteiger charge is 2.33. The quantitative estimate of drug-likeness (QED) is 0.731. The molecule has 0 radical (unpaired) electrons. The first-order valence-electron chi connectivity index (χ1n) is 11.5. The number of nitrogens with zero attached hydrogens (tertiary/aromatic N) is 4. The summed E-state index contributed by atoms with van der Waals surface area (Å²) in [5.74, 6) is 1.26. The monoisotopic (exact) mass is 432 g/mol. The molecule has 2 aromatic rings. The topological polar surface area (TPSA) is 69.5 Å². The van der Waals surface area contributed by atoms with Gasteiger partial charge >= 0.3 is 0 Å². The lowest BCUT2D eigenvalue weighted by Gasteiger charge is -2.38. The Bertz CT molecular complexity index is 1030. The van der Waals surface area contributed by atoms with Crippen LogP contribution in [0.2, 0.25) is 0 Å². The van der Waals surface area contributed by atoms with E-state index in [0.717, 1.165) is 35.5 Å². The summed E-state index contributed by atoms with van der Waals surface area (Å²) in [6.07, 6.45) is 1.57. The molecule has 0 spiro atoms. The van der Waals surface area contributed by atoms with Crippen molar-refractivity contribution in [1.29, 1.82) is 5.26 Å². The zero-order chi connectivity index (χ0) is 22.9. The first kappa shape index (κ1) is 22.3. The van der Waals surface area contributed by atoms with E-state index in [1.54, 1.807) is 0 Å². The van der Waals surface area contributed by atoms with Crippen LogP contribution in [0.15, 0.2) is 30.3 Å². The minimum absolute atomic E-state index is 0.0588. The summed E-state index contributed by atoms with van der Waals surface area (Å²) in [7, 11) is 0. The average molecular weight is 433 g/mol. The van der Waals surface area contributed by atoms with E-state index in [1.165, 1.54) is 0 Å². The van der Waals surface area contributed by atoms with Gasteiger partial charge in [0.1, 0.15) is 11.9 Å². The highest BCUT2D eigenvalue weighted by atomic mass is 16.5. The molecule has 2 aliphatic rings. The number of piperazine rings is 1. The fourth-order valence-corrected chi connectivity index (χ4v) is 4.61. The first-order chi connectivity index (χ1) is 15.3. The van der Waals surface area contributed by atoms with E-state index in [-0.39, 0.29) is 11.5 Å². The molecular weight excluding hydrogens is 400 g/mol. The summed E-state index contributed by atoms with van der Waals surface area (Å²) in [6, 6.07) is 11.9. The van der Waals surface area contributed by atoms with E-state index in [0.29, 0.717) is 49.8 Å². The summed E-state index contributed by atoms with van der Waals surface area (Å²) in [5.41, 5.74) is 4.35. The molecule has 1 saturated heterocycles. The molecule has 0 N–H and O–H groups in total. The van der Waals surface area contributed by atoms with E-state index >= 15 is 0 Å². The molecule has 1 fully saturated rings. The number of amides is 1. The van der Waals surface area contributed by atoms with Crippen LogP contribution in [0.5, 0.6) is 0 Å². The van der Waals surface area contributed by atoms with Crippen molar-refractivity contribution < 1.29 is 9.53 Å². The largest absolute Gasteiger partial charge is 0.370 e. The maximum absolute atomic E-state index is 12.8. The zero-order valence-electron chi connectivity index (χ0n) is 19.5. The van der Waals surface area contributed by atoms with Crippen LogP contribution in [0.1, 0.15) is 60.4 Å². The number of nitriles is 1. The number of aromatic nitrogens is 1. The van der Waals surface area contributed by atoms with Crippen molar-refractivity contribution in [3.05, 3.63) is 58.3 Å². The van der Waals surface area contributed by atoms with Crippen LogP contribution < -0.4 is 4.90 Å². The average Bonchev–Trinajstić information content (AvgIpc) is 2.78. The minimum atomic E-state index is -0.263. The lowest BCUT2D eigenvalue weighted by molar-refractivity contribution is -0.0417. The number of fused-ring (bicyclic) bond motifs is 1. The standard InChI is InChI=1S/C26H32N4O2/c1-18(2)14-20-21(16-27)24(28-23-15-26(3,4)32-17-22(20)23)29-10-12-30(13-11-29)25(31)19-8-6-5-7-9-19/h5-9,18H,10-15,17H2,1-4H3. The molecule has 0 bridgehead atoms. The van der Waals surface area contributed by atoms with E-state index in [1.807, 2.05) is 35.2 Å². The van der Waals surface area contributed by atoms with Gasteiger partial charge in [-0.15, -0.1) is 0 Å². The lowest BCUT2D eigenvalue weighted by atomic mass is 9.88. The summed E-state index contributed by atoms with van der Waals surface area (Å²) in [6.45, 7) is 11.6. The summed E-state index contributed by atoms with van der Waals surface area (Å²) in [4.78, 5) is 21.9. The fourth-order valence-electron chi connectivity index (χ4n) is 4.61.